The molecule has 2 aromatic carbocycles. The number of benzene rings is 2. The van der Waals surface area contributed by atoms with E-state index in [1.54, 1.807) is 48.5 Å². The van der Waals surface area contributed by atoms with Crippen molar-refractivity contribution in [3.05, 3.63) is 65.7 Å². The van der Waals surface area contributed by atoms with E-state index in [1.807, 2.05) is 0 Å². The van der Waals surface area contributed by atoms with E-state index in [1.165, 1.54) is 14.2 Å². The predicted molar refractivity (Wildman–Crippen MR) is 78.3 cm³/mol. The smallest absolute Gasteiger partial charge is 0.188 e. The van der Waals surface area contributed by atoms with Gasteiger partial charge in [-0.1, -0.05) is 36.1 Å². The molecule has 0 aliphatic carbocycles. The second-order valence-electron chi connectivity index (χ2n) is 4.27. The number of carbonyl (C=O) groups is 1. The Morgan fingerprint density at radius 1 is 0.905 bits per heavy atom. The summed E-state index contributed by atoms with van der Waals surface area (Å²) in [6, 6.07) is 13.5. The molecule has 0 radical (unpaired) electrons. The molecule has 0 aromatic heterocycles. The van der Waals surface area contributed by atoms with Crippen LogP contribution in [0.25, 0.3) is 5.76 Å². The van der Waals surface area contributed by atoms with Crippen LogP contribution in [-0.4, -0.2) is 20.0 Å². The molecule has 0 bridgehead atoms. The van der Waals surface area contributed by atoms with Crippen LogP contribution in [0, 0.1) is 0 Å². The third-order valence-electron chi connectivity index (χ3n) is 3.01. The third kappa shape index (κ3) is 3.23. The Kier molecular flexibility index (Phi) is 4.61. The van der Waals surface area contributed by atoms with Gasteiger partial charge in [0.2, 0.25) is 0 Å². The zero-order valence-corrected chi connectivity index (χ0v) is 11.8. The molecule has 108 valence electrons. The lowest BCUT2D eigenvalue weighted by atomic mass is 10.1. The van der Waals surface area contributed by atoms with Crippen molar-refractivity contribution in [1.82, 2.24) is 0 Å². The van der Waals surface area contributed by atoms with Gasteiger partial charge in [-0.25, -0.2) is 0 Å². The lowest BCUT2D eigenvalue weighted by Crippen LogP contribution is -2.08. The van der Waals surface area contributed by atoms with E-state index in [0.717, 1.165) is 6.08 Å². The number of hydrogen-bond acceptors (Lipinski definition) is 4. The highest BCUT2D eigenvalue weighted by Crippen LogP contribution is 2.24. The van der Waals surface area contributed by atoms with E-state index in [4.69, 9.17) is 9.47 Å². The first kappa shape index (κ1) is 14.7. The first-order valence-electron chi connectivity index (χ1n) is 6.37. The first-order valence-corrected chi connectivity index (χ1v) is 6.37. The second-order valence-corrected chi connectivity index (χ2v) is 4.27. The highest BCUT2D eigenvalue weighted by atomic mass is 16.5. The topological polar surface area (TPSA) is 58.6 Å². The van der Waals surface area contributed by atoms with Crippen molar-refractivity contribution in [3.63, 3.8) is 0 Å². The number of carbonyl (C=O) groups excluding carboxylic acids is 1. The standard InChI is InChI=1S/C17H16O4/c1-20-16-9-5-3-7-12(16)14(18)11-15(19)13-8-4-6-10-17(13)21-2/h3-11,18H,1-2H3/p-1/b14-11-. The predicted octanol–water partition coefficient (Wildman–Crippen LogP) is 2.29. The van der Waals surface area contributed by atoms with Crippen LogP contribution in [0.2, 0.25) is 0 Å². The molecule has 0 saturated heterocycles. The number of ether oxygens (including phenoxy) is 2. The molecule has 0 heterocycles. The average Bonchev–Trinajstić information content (AvgIpc) is 2.54. The third-order valence-corrected chi connectivity index (χ3v) is 3.01. The molecule has 0 aliphatic heterocycles. The summed E-state index contributed by atoms with van der Waals surface area (Å²) >= 11 is 0. The molecule has 0 saturated carbocycles. The van der Waals surface area contributed by atoms with Crippen LogP contribution in [-0.2, 0) is 0 Å². The summed E-state index contributed by atoms with van der Waals surface area (Å²) in [7, 11) is 2.96. The van der Waals surface area contributed by atoms with E-state index in [9.17, 15) is 9.90 Å². The van der Waals surface area contributed by atoms with Crippen molar-refractivity contribution in [2.75, 3.05) is 14.2 Å². The Hall–Kier alpha value is -2.75. The van der Waals surface area contributed by atoms with Crippen LogP contribution in [0.3, 0.4) is 0 Å². The highest BCUT2D eigenvalue weighted by molar-refractivity contribution is 6.09. The normalized spacial score (nSPS) is 11.0. The van der Waals surface area contributed by atoms with Gasteiger partial charge < -0.3 is 14.6 Å². The minimum Gasteiger partial charge on any atom is -0.872 e. The zero-order valence-electron chi connectivity index (χ0n) is 11.8. The number of hydrogen-bond donors (Lipinski definition) is 0. The minimum absolute atomic E-state index is 0.350. The molecule has 0 atom stereocenters. The number of methoxy groups -OCH3 is 2. The van der Waals surface area contributed by atoms with Gasteiger partial charge in [-0.05, 0) is 24.3 Å². The number of para-hydroxylation sites is 2. The van der Waals surface area contributed by atoms with Gasteiger partial charge in [0.25, 0.3) is 0 Å². The molecule has 0 fully saturated rings. The molecule has 0 aliphatic rings. The summed E-state index contributed by atoms with van der Waals surface area (Å²) in [6.07, 6.45) is 1.05. The summed E-state index contributed by atoms with van der Waals surface area (Å²) in [4.78, 5) is 12.2. The van der Waals surface area contributed by atoms with Crippen molar-refractivity contribution in [2.24, 2.45) is 0 Å². The Morgan fingerprint density at radius 2 is 1.38 bits per heavy atom. The van der Waals surface area contributed by atoms with Gasteiger partial charge in [0, 0.05) is 5.56 Å². The van der Waals surface area contributed by atoms with E-state index >= 15 is 0 Å². The lowest BCUT2D eigenvalue weighted by molar-refractivity contribution is -0.243. The number of allylic oxidation sites excluding steroid dienone is 1. The van der Waals surface area contributed by atoms with E-state index < -0.39 is 11.5 Å². The van der Waals surface area contributed by atoms with Crippen LogP contribution in [0.15, 0.2) is 54.6 Å². The van der Waals surface area contributed by atoms with Gasteiger partial charge in [-0.15, -0.1) is 0 Å². The fourth-order valence-corrected chi connectivity index (χ4v) is 1.97. The Labute approximate surface area is 123 Å². The van der Waals surface area contributed by atoms with Crippen molar-refractivity contribution < 1.29 is 19.4 Å². The molecule has 2 aromatic rings. The van der Waals surface area contributed by atoms with E-state index in [-0.39, 0.29) is 0 Å². The second kappa shape index (κ2) is 6.61. The van der Waals surface area contributed by atoms with Crippen LogP contribution in [0.1, 0.15) is 15.9 Å². The molecule has 0 spiro atoms. The summed E-state index contributed by atoms with van der Waals surface area (Å²) in [5.74, 6) is 0.0739. The summed E-state index contributed by atoms with van der Waals surface area (Å²) in [5, 5.41) is 12.2. The molecule has 4 nitrogen and oxygen atoms in total. The van der Waals surface area contributed by atoms with Gasteiger partial charge in [0.15, 0.2) is 5.78 Å². The molecule has 0 N–H and O–H groups in total. The SMILES string of the molecule is COc1ccccc1C(=O)/C=C(\[O-])c1ccccc1OC. The Bertz CT molecular complexity index is 674. The van der Waals surface area contributed by atoms with Crippen LogP contribution in [0.5, 0.6) is 11.5 Å². The molecule has 4 heteroatoms. The summed E-state index contributed by atoms with van der Waals surface area (Å²) < 4.78 is 10.2. The monoisotopic (exact) mass is 283 g/mol. The quantitative estimate of drug-likeness (QED) is 0.480. The van der Waals surface area contributed by atoms with Gasteiger partial charge in [0.05, 0.1) is 19.8 Å². The fourth-order valence-electron chi connectivity index (χ4n) is 1.97. The Morgan fingerprint density at radius 3 is 1.95 bits per heavy atom. The van der Waals surface area contributed by atoms with Crippen LogP contribution < -0.4 is 14.6 Å². The molecule has 0 unspecified atom stereocenters. The largest absolute Gasteiger partial charge is 0.872 e. The van der Waals surface area contributed by atoms with Crippen LogP contribution in [0.4, 0.5) is 0 Å². The van der Waals surface area contributed by atoms with Gasteiger partial charge in [0.1, 0.15) is 11.5 Å². The summed E-state index contributed by atoms with van der Waals surface area (Å²) in [5.41, 5.74) is 0.700. The zero-order chi connectivity index (χ0) is 15.2. The maximum Gasteiger partial charge on any atom is 0.188 e. The average molecular weight is 283 g/mol. The summed E-state index contributed by atoms with van der Waals surface area (Å²) in [6.45, 7) is 0. The number of ketones is 1. The fraction of sp³-hybridized carbons (Fsp3) is 0.118. The molecule has 21 heavy (non-hydrogen) atoms. The lowest BCUT2D eigenvalue weighted by Gasteiger charge is -2.15. The van der Waals surface area contributed by atoms with Crippen molar-refractivity contribution in [2.45, 2.75) is 0 Å². The van der Waals surface area contributed by atoms with Crippen molar-refractivity contribution >= 4 is 11.5 Å². The molecule has 0 amide bonds. The van der Waals surface area contributed by atoms with Crippen LogP contribution >= 0.6 is 0 Å². The highest BCUT2D eigenvalue weighted by Gasteiger charge is 2.09. The van der Waals surface area contributed by atoms with Gasteiger partial charge >= 0.3 is 0 Å². The van der Waals surface area contributed by atoms with Gasteiger partial charge in [-0.3, -0.25) is 4.79 Å². The molecular formula is C17H15O4-. The minimum atomic E-state index is -0.400. The maximum atomic E-state index is 12.2. The molecular weight excluding hydrogens is 268 g/mol. The van der Waals surface area contributed by atoms with E-state index in [2.05, 4.69) is 0 Å². The maximum absolute atomic E-state index is 12.2. The first-order chi connectivity index (χ1) is 10.2. The van der Waals surface area contributed by atoms with Crippen molar-refractivity contribution in [3.8, 4) is 11.5 Å². The Balaban J connectivity index is 2.36. The number of rotatable bonds is 5. The van der Waals surface area contributed by atoms with E-state index in [0.29, 0.717) is 22.6 Å². The van der Waals surface area contributed by atoms with Gasteiger partial charge in [-0.2, -0.15) is 0 Å². The molecule has 2 rings (SSSR count). The van der Waals surface area contributed by atoms with Crippen molar-refractivity contribution in [1.29, 1.82) is 0 Å².